The summed E-state index contributed by atoms with van der Waals surface area (Å²) in [6.07, 6.45) is 1.91. The number of rotatable bonds is 3. The van der Waals surface area contributed by atoms with Crippen molar-refractivity contribution in [1.82, 2.24) is 0 Å². The summed E-state index contributed by atoms with van der Waals surface area (Å²) in [6.45, 7) is 7.47. The fourth-order valence-corrected chi connectivity index (χ4v) is 0.759. The highest BCUT2D eigenvalue weighted by Crippen LogP contribution is 1.96. The van der Waals surface area contributed by atoms with Crippen LogP contribution in [0.25, 0.3) is 0 Å². The molecule has 0 amide bonds. The fraction of sp³-hybridized carbons (Fsp3) is 0.500. The quantitative estimate of drug-likeness (QED) is 0.647. The van der Waals surface area contributed by atoms with Crippen LogP contribution in [0.4, 0.5) is 0 Å². The maximum absolute atomic E-state index is 7.68. The van der Waals surface area contributed by atoms with E-state index in [1.807, 2.05) is 33.8 Å². The van der Waals surface area contributed by atoms with Crippen LogP contribution in [0.5, 0.6) is 0 Å². The van der Waals surface area contributed by atoms with Crippen molar-refractivity contribution in [2.24, 2.45) is 9.98 Å². The van der Waals surface area contributed by atoms with Crippen LogP contribution < -0.4 is 0 Å². The van der Waals surface area contributed by atoms with Crippen LogP contribution in [-0.2, 0) is 0 Å². The van der Waals surface area contributed by atoms with Gasteiger partial charge in [-0.25, -0.2) is 0 Å². The maximum Gasteiger partial charge on any atom is 0.0959 e. The topological polar surface area (TPSA) is 48.6 Å². The summed E-state index contributed by atoms with van der Waals surface area (Å²) < 4.78 is 0. The summed E-state index contributed by atoms with van der Waals surface area (Å²) in [5.41, 5.74) is 2.75. The molecule has 0 aromatic carbocycles. The summed E-state index contributed by atoms with van der Waals surface area (Å²) in [7, 11) is 1.68. The highest BCUT2D eigenvalue weighted by Gasteiger charge is 2.03. The van der Waals surface area contributed by atoms with E-state index in [-0.39, 0.29) is 0 Å². The van der Waals surface area contributed by atoms with E-state index >= 15 is 0 Å². The van der Waals surface area contributed by atoms with Gasteiger partial charge < -0.3 is 0 Å². The van der Waals surface area contributed by atoms with E-state index in [4.69, 9.17) is 5.41 Å². The third-order valence-corrected chi connectivity index (χ3v) is 1.82. The van der Waals surface area contributed by atoms with Gasteiger partial charge in [-0.3, -0.25) is 15.4 Å². The van der Waals surface area contributed by atoms with Crippen molar-refractivity contribution in [2.75, 3.05) is 7.05 Å². The fourth-order valence-electron chi connectivity index (χ4n) is 0.759. The molecule has 0 aliphatic carbocycles. The van der Waals surface area contributed by atoms with Crippen molar-refractivity contribution in [2.45, 2.75) is 27.7 Å². The van der Waals surface area contributed by atoms with Crippen LogP contribution in [0.3, 0.4) is 0 Å². The molecule has 0 bridgehead atoms. The van der Waals surface area contributed by atoms with Crippen molar-refractivity contribution in [3.8, 4) is 0 Å². The molecule has 0 saturated heterocycles. The van der Waals surface area contributed by atoms with E-state index in [2.05, 4.69) is 9.98 Å². The van der Waals surface area contributed by atoms with Crippen molar-refractivity contribution < 1.29 is 0 Å². The standard InChI is InChI=1S/C10H17N3/c1-6-7(2)13-9(4)10(11)8(3)12-5/h6,11H,1-5H3/b7-6-,11-10?,12-8?,13-9?. The van der Waals surface area contributed by atoms with Gasteiger partial charge in [-0.05, 0) is 27.7 Å². The lowest BCUT2D eigenvalue weighted by Crippen LogP contribution is -2.18. The Balaban J connectivity index is 4.71. The zero-order valence-corrected chi connectivity index (χ0v) is 8.97. The molecule has 0 aromatic rings. The zero-order valence-electron chi connectivity index (χ0n) is 8.97. The number of hydrogen-bond donors (Lipinski definition) is 1. The van der Waals surface area contributed by atoms with Gasteiger partial charge in [0, 0.05) is 12.7 Å². The van der Waals surface area contributed by atoms with Crippen LogP contribution in [0.2, 0.25) is 0 Å². The Bertz CT molecular complexity index is 283. The Morgan fingerprint density at radius 1 is 1.15 bits per heavy atom. The maximum atomic E-state index is 7.68. The van der Waals surface area contributed by atoms with Crippen molar-refractivity contribution >= 4 is 17.1 Å². The molecule has 0 saturated carbocycles. The molecule has 0 spiro atoms. The van der Waals surface area contributed by atoms with Crippen LogP contribution in [-0.4, -0.2) is 24.2 Å². The second-order valence-corrected chi connectivity index (χ2v) is 2.81. The molecule has 13 heavy (non-hydrogen) atoms. The lowest BCUT2D eigenvalue weighted by molar-refractivity contribution is 1.28. The number of aliphatic imine (C=N–C) groups is 2. The summed E-state index contributed by atoms with van der Waals surface area (Å²) in [5, 5.41) is 7.68. The molecule has 0 atom stereocenters. The highest BCUT2D eigenvalue weighted by atomic mass is 14.8. The van der Waals surface area contributed by atoms with E-state index < -0.39 is 0 Å². The normalized spacial score (nSPS) is 14.7. The molecule has 0 aromatic heterocycles. The van der Waals surface area contributed by atoms with Gasteiger partial charge in [0.05, 0.1) is 17.1 Å². The number of nitrogens with zero attached hydrogens (tertiary/aromatic N) is 2. The van der Waals surface area contributed by atoms with Gasteiger partial charge in [0.2, 0.25) is 0 Å². The van der Waals surface area contributed by atoms with E-state index in [0.717, 1.165) is 5.70 Å². The average Bonchev–Trinajstić information content (AvgIpc) is 2.14. The second-order valence-electron chi connectivity index (χ2n) is 2.81. The SMILES string of the molecule is C/C=C(/C)N=C(C)C(=N)C(C)=NC. The third-order valence-electron chi connectivity index (χ3n) is 1.82. The molecular weight excluding hydrogens is 162 g/mol. The first-order valence-corrected chi connectivity index (χ1v) is 4.23. The van der Waals surface area contributed by atoms with E-state index in [1.54, 1.807) is 7.05 Å². The number of nitrogens with one attached hydrogen (secondary N) is 1. The third kappa shape index (κ3) is 3.78. The monoisotopic (exact) mass is 179 g/mol. The Labute approximate surface area is 79.8 Å². The average molecular weight is 179 g/mol. The molecule has 0 fully saturated rings. The van der Waals surface area contributed by atoms with E-state index in [0.29, 0.717) is 17.1 Å². The minimum atomic E-state index is 0.406. The van der Waals surface area contributed by atoms with Gasteiger partial charge in [-0.15, -0.1) is 0 Å². The molecular formula is C10H17N3. The van der Waals surface area contributed by atoms with Gasteiger partial charge in [0.15, 0.2) is 0 Å². The first-order chi connectivity index (χ1) is 6.02. The van der Waals surface area contributed by atoms with Crippen LogP contribution in [0.15, 0.2) is 21.8 Å². The largest absolute Gasteiger partial charge is 0.297 e. The Morgan fingerprint density at radius 3 is 2.08 bits per heavy atom. The van der Waals surface area contributed by atoms with Crippen molar-refractivity contribution in [3.05, 3.63) is 11.8 Å². The van der Waals surface area contributed by atoms with Gasteiger partial charge in [0.1, 0.15) is 0 Å². The number of hydrogen-bond acceptors (Lipinski definition) is 3. The first-order valence-electron chi connectivity index (χ1n) is 4.23. The van der Waals surface area contributed by atoms with Gasteiger partial charge >= 0.3 is 0 Å². The highest BCUT2D eigenvalue weighted by molar-refractivity contribution is 6.66. The minimum absolute atomic E-state index is 0.406. The summed E-state index contributed by atoms with van der Waals surface area (Å²) >= 11 is 0. The summed E-state index contributed by atoms with van der Waals surface area (Å²) in [6, 6.07) is 0. The van der Waals surface area contributed by atoms with E-state index in [9.17, 15) is 0 Å². The van der Waals surface area contributed by atoms with Gasteiger partial charge in [-0.1, -0.05) is 6.08 Å². The molecule has 0 unspecified atom stereocenters. The van der Waals surface area contributed by atoms with Crippen LogP contribution >= 0.6 is 0 Å². The molecule has 0 aliphatic heterocycles. The Kier molecular flexibility index (Phi) is 4.89. The van der Waals surface area contributed by atoms with Gasteiger partial charge in [-0.2, -0.15) is 0 Å². The molecule has 0 aliphatic rings. The van der Waals surface area contributed by atoms with Gasteiger partial charge in [0.25, 0.3) is 0 Å². The first kappa shape index (κ1) is 11.8. The predicted molar refractivity (Wildman–Crippen MR) is 59.3 cm³/mol. The second kappa shape index (κ2) is 5.41. The minimum Gasteiger partial charge on any atom is -0.297 e. The lowest BCUT2D eigenvalue weighted by Gasteiger charge is -2.01. The summed E-state index contributed by atoms with van der Waals surface area (Å²) in [5.74, 6) is 0. The van der Waals surface area contributed by atoms with Crippen LogP contribution in [0.1, 0.15) is 27.7 Å². The molecule has 0 heterocycles. The molecule has 72 valence electrons. The van der Waals surface area contributed by atoms with Crippen LogP contribution in [0, 0.1) is 5.41 Å². The Hall–Kier alpha value is -1.25. The Morgan fingerprint density at radius 2 is 1.69 bits per heavy atom. The van der Waals surface area contributed by atoms with Crippen molar-refractivity contribution in [1.29, 1.82) is 5.41 Å². The van der Waals surface area contributed by atoms with Crippen molar-refractivity contribution in [3.63, 3.8) is 0 Å². The smallest absolute Gasteiger partial charge is 0.0959 e. The molecule has 3 heteroatoms. The molecule has 1 N–H and O–H groups in total. The molecule has 0 radical (unpaired) electrons. The zero-order chi connectivity index (χ0) is 10.4. The molecule has 3 nitrogen and oxygen atoms in total. The number of allylic oxidation sites excluding steroid dienone is 2. The summed E-state index contributed by atoms with van der Waals surface area (Å²) in [4.78, 5) is 8.17. The predicted octanol–water partition coefficient (Wildman–Crippen LogP) is 2.48. The van der Waals surface area contributed by atoms with E-state index in [1.165, 1.54) is 0 Å². The molecule has 0 rings (SSSR count). The lowest BCUT2D eigenvalue weighted by atomic mass is 10.2.